The molecule has 0 unspecified atom stereocenters. The van der Waals surface area contributed by atoms with Crippen molar-refractivity contribution < 1.29 is 5.11 Å². The quantitative estimate of drug-likeness (QED) is 0.832. The molecule has 0 aliphatic heterocycles. The van der Waals surface area contributed by atoms with E-state index in [9.17, 15) is 0 Å². The molecule has 2 heterocycles. The number of rotatable bonds is 4. The van der Waals surface area contributed by atoms with Gasteiger partial charge in [-0.15, -0.1) is 11.3 Å². The maximum absolute atomic E-state index is 8.73. The zero-order valence-electron chi connectivity index (χ0n) is 9.86. The lowest BCUT2D eigenvalue weighted by atomic mass is 10.2. The first-order valence-corrected chi connectivity index (χ1v) is 7.31. The molecule has 2 rings (SSSR count). The molecule has 2 aromatic rings. The van der Waals surface area contributed by atoms with Gasteiger partial charge in [-0.05, 0) is 19.4 Å². The van der Waals surface area contributed by atoms with Crippen LogP contribution in [0.2, 0.25) is 0 Å². The molecule has 0 aromatic carbocycles. The van der Waals surface area contributed by atoms with Crippen molar-refractivity contribution in [2.45, 2.75) is 19.6 Å². The summed E-state index contributed by atoms with van der Waals surface area (Å²) in [6.07, 6.45) is 0. The average molecular weight is 269 g/mol. The molecule has 4 nitrogen and oxygen atoms in total. The van der Waals surface area contributed by atoms with Crippen LogP contribution in [0.5, 0.6) is 0 Å². The molecule has 0 fully saturated rings. The lowest BCUT2D eigenvalue weighted by Crippen LogP contribution is -2.00. The minimum atomic E-state index is 0.180. The largest absolute Gasteiger partial charge is 0.396 e. The molecule has 3 N–H and O–H groups in total. The molecular formula is C11H15N3OS2. The Balaban J connectivity index is 2.35. The van der Waals surface area contributed by atoms with Gasteiger partial charge in [0, 0.05) is 10.6 Å². The predicted molar refractivity (Wildman–Crippen MR) is 74.5 cm³/mol. The fraction of sp³-hybridized carbons (Fsp3) is 0.455. The molecule has 0 saturated carbocycles. The number of nitrogens with zero attached hydrogens (tertiary/aromatic N) is 2. The molecule has 0 radical (unpaired) electrons. The Hall–Kier alpha value is -0.850. The molecule has 92 valence electrons. The van der Waals surface area contributed by atoms with E-state index in [1.165, 1.54) is 10.4 Å². The van der Waals surface area contributed by atoms with Gasteiger partial charge in [0.25, 0.3) is 0 Å². The minimum absolute atomic E-state index is 0.180. The number of anilines is 1. The highest BCUT2D eigenvalue weighted by Gasteiger charge is 2.12. The molecule has 0 saturated heterocycles. The van der Waals surface area contributed by atoms with Crippen molar-refractivity contribution in [1.82, 2.24) is 9.97 Å². The lowest BCUT2D eigenvalue weighted by Gasteiger charge is -2.02. The van der Waals surface area contributed by atoms with Crippen LogP contribution in [0.3, 0.4) is 0 Å². The van der Waals surface area contributed by atoms with E-state index in [0.29, 0.717) is 17.3 Å². The van der Waals surface area contributed by atoms with E-state index in [2.05, 4.69) is 16.9 Å². The van der Waals surface area contributed by atoms with Gasteiger partial charge in [-0.3, -0.25) is 0 Å². The number of hydrogen-bond donors (Lipinski definition) is 2. The number of aromatic nitrogens is 2. The zero-order chi connectivity index (χ0) is 12.4. The van der Waals surface area contributed by atoms with Crippen molar-refractivity contribution in [3.8, 4) is 0 Å². The standard InChI is InChI=1S/C11H15N3OS2/c1-6-7(2)17-11-9(6)10(12)13-8(14-11)5-16-4-3-15/h15H,3-5H2,1-2H3,(H2,12,13,14). The normalized spacial score (nSPS) is 11.2. The van der Waals surface area contributed by atoms with Gasteiger partial charge >= 0.3 is 0 Å². The number of fused-ring (bicyclic) bond motifs is 1. The summed E-state index contributed by atoms with van der Waals surface area (Å²) in [6, 6.07) is 0. The van der Waals surface area contributed by atoms with Gasteiger partial charge in [-0.2, -0.15) is 11.8 Å². The first-order chi connectivity index (χ1) is 8.13. The van der Waals surface area contributed by atoms with E-state index >= 15 is 0 Å². The topological polar surface area (TPSA) is 72.0 Å². The van der Waals surface area contributed by atoms with Gasteiger partial charge in [0.15, 0.2) is 0 Å². The Morgan fingerprint density at radius 2 is 2.12 bits per heavy atom. The molecule has 0 aliphatic carbocycles. The van der Waals surface area contributed by atoms with Crippen LogP contribution in [0.1, 0.15) is 16.3 Å². The summed E-state index contributed by atoms with van der Waals surface area (Å²) in [6.45, 7) is 4.30. The van der Waals surface area contributed by atoms with Gasteiger partial charge in [-0.1, -0.05) is 0 Å². The molecule has 0 amide bonds. The average Bonchev–Trinajstić information content (AvgIpc) is 2.55. The molecule has 0 aliphatic rings. The molecule has 2 aromatic heterocycles. The molecule has 0 spiro atoms. The molecule has 0 atom stereocenters. The molecule has 0 bridgehead atoms. The van der Waals surface area contributed by atoms with E-state index < -0.39 is 0 Å². The van der Waals surface area contributed by atoms with E-state index in [0.717, 1.165) is 16.0 Å². The maximum Gasteiger partial charge on any atom is 0.142 e. The van der Waals surface area contributed by atoms with Crippen LogP contribution in [0, 0.1) is 13.8 Å². The number of aryl methyl sites for hydroxylation is 2. The van der Waals surface area contributed by atoms with Crippen LogP contribution < -0.4 is 5.73 Å². The summed E-state index contributed by atoms with van der Waals surface area (Å²) >= 11 is 3.27. The van der Waals surface area contributed by atoms with Crippen LogP contribution >= 0.6 is 23.1 Å². The van der Waals surface area contributed by atoms with Crippen molar-refractivity contribution in [3.63, 3.8) is 0 Å². The van der Waals surface area contributed by atoms with Crippen molar-refractivity contribution in [2.75, 3.05) is 18.1 Å². The third kappa shape index (κ3) is 2.53. The summed E-state index contributed by atoms with van der Waals surface area (Å²) in [5.74, 6) is 2.70. The van der Waals surface area contributed by atoms with Crippen LogP contribution in [0.15, 0.2) is 0 Å². The Kier molecular flexibility index (Phi) is 3.86. The van der Waals surface area contributed by atoms with Crippen molar-refractivity contribution in [3.05, 3.63) is 16.3 Å². The molecule has 17 heavy (non-hydrogen) atoms. The van der Waals surface area contributed by atoms with Crippen molar-refractivity contribution in [2.24, 2.45) is 0 Å². The molecule has 6 heteroatoms. The number of nitrogens with two attached hydrogens (primary N) is 1. The van der Waals surface area contributed by atoms with Crippen LogP contribution in [0.4, 0.5) is 5.82 Å². The third-order valence-electron chi connectivity index (χ3n) is 2.57. The van der Waals surface area contributed by atoms with E-state index in [-0.39, 0.29) is 6.61 Å². The number of nitrogen functional groups attached to an aromatic ring is 1. The fourth-order valence-electron chi connectivity index (χ4n) is 1.62. The summed E-state index contributed by atoms with van der Waals surface area (Å²) in [5, 5.41) is 9.72. The van der Waals surface area contributed by atoms with Gasteiger partial charge < -0.3 is 10.8 Å². The SMILES string of the molecule is Cc1sc2nc(CSCCO)nc(N)c2c1C. The summed E-state index contributed by atoms with van der Waals surface area (Å²) in [5.41, 5.74) is 7.15. The second-order valence-corrected chi connectivity index (χ2v) is 6.07. The highest BCUT2D eigenvalue weighted by Crippen LogP contribution is 2.32. The summed E-state index contributed by atoms with van der Waals surface area (Å²) in [7, 11) is 0. The smallest absolute Gasteiger partial charge is 0.142 e. The second kappa shape index (κ2) is 5.20. The summed E-state index contributed by atoms with van der Waals surface area (Å²) < 4.78 is 0. The monoisotopic (exact) mass is 269 g/mol. The van der Waals surface area contributed by atoms with E-state index in [1.807, 2.05) is 6.92 Å². The highest BCUT2D eigenvalue weighted by molar-refractivity contribution is 7.98. The van der Waals surface area contributed by atoms with Crippen molar-refractivity contribution >= 4 is 39.1 Å². The predicted octanol–water partition coefficient (Wildman–Crippen LogP) is 2.12. The molecular weight excluding hydrogens is 254 g/mol. The van der Waals surface area contributed by atoms with Gasteiger partial charge in [0.2, 0.25) is 0 Å². The first kappa shape index (κ1) is 12.6. The van der Waals surface area contributed by atoms with E-state index in [4.69, 9.17) is 10.8 Å². The third-order valence-corrected chi connectivity index (χ3v) is 4.60. The van der Waals surface area contributed by atoms with Gasteiger partial charge in [0.05, 0.1) is 17.7 Å². The number of thioether (sulfide) groups is 1. The maximum atomic E-state index is 8.73. The van der Waals surface area contributed by atoms with Crippen LogP contribution in [0.25, 0.3) is 10.2 Å². The number of aliphatic hydroxyl groups excluding tert-OH is 1. The van der Waals surface area contributed by atoms with E-state index in [1.54, 1.807) is 23.1 Å². The Morgan fingerprint density at radius 1 is 1.35 bits per heavy atom. The Morgan fingerprint density at radius 3 is 2.82 bits per heavy atom. The Labute approximate surface area is 108 Å². The van der Waals surface area contributed by atoms with Gasteiger partial charge in [0.1, 0.15) is 16.5 Å². The van der Waals surface area contributed by atoms with Gasteiger partial charge in [-0.25, -0.2) is 9.97 Å². The second-order valence-electron chi connectivity index (χ2n) is 3.76. The first-order valence-electron chi connectivity index (χ1n) is 5.34. The zero-order valence-corrected chi connectivity index (χ0v) is 11.5. The van der Waals surface area contributed by atoms with Crippen LogP contribution in [-0.4, -0.2) is 27.4 Å². The number of hydrogen-bond acceptors (Lipinski definition) is 6. The number of thiophene rings is 1. The number of aliphatic hydroxyl groups is 1. The van der Waals surface area contributed by atoms with Crippen molar-refractivity contribution in [1.29, 1.82) is 0 Å². The fourth-order valence-corrected chi connectivity index (χ4v) is 3.26. The summed E-state index contributed by atoms with van der Waals surface area (Å²) in [4.78, 5) is 11.0. The van der Waals surface area contributed by atoms with Crippen LogP contribution in [-0.2, 0) is 5.75 Å². The highest BCUT2D eigenvalue weighted by atomic mass is 32.2. The Bertz CT molecular complexity index is 539. The minimum Gasteiger partial charge on any atom is -0.396 e. The lowest BCUT2D eigenvalue weighted by molar-refractivity contribution is 0.322.